The van der Waals surface area contributed by atoms with Crippen LogP contribution in [0.4, 0.5) is 0 Å². The van der Waals surface area contributed by atoms with E-state index < -0.39 is 0 Å². The lowest BCUT2D eigenvalue weighted by molar-refractivity contribution is 0.469. The van der Waals surface area contributed by atoms with Crippen molar-refractivity contribution in [3.8, 4) is 0 Å². The molecular weight excluding hydrogens is 242 g/mol. The molecule has 1 N–H and O–H groups in total. The van der Waals surface area contributed by atoms with Crippen molar-refractivity contribution in [2.75, 3.05) is 13.1 Å². The summed E-state index contributed by atoms with van der Waals surface area (Å²) in [5.41, 5.74) is 7.49. The Bertz CT molecular complexity index is 394. The first-order chi connectivity index (χ1) is 9.47. The number of hydrogen-bond acceptors (Lipinski definition) is 1. The molecule has 1 rings (SSSR count). The van der Waals surface area contributed by atoms with Gasteiger partial charge in [0.25, 0.3) is 0 Å². The smallest absolute Gasteiger partial charge is 0.00464 e. The van der Waals surface area contributed by atoms with Crippen LogP contribution in [0.1, 0.15) is 60.9 Å². The van der Waals surface area contributed by atoms with E-state index >= 15 is 0 Å². The fourth-order valence-electron chi connectivity index (χ4n) is 2.86. The topological polar surface area (TPSA) is 12.0 Å². The van der Waals surface area contributed by atoms with Gasteiger partial charge in [-0.2, -0.15) is 0 Å². The van der Waals surface area contributed by atoms with Crippen molar-refractivity contribution in [3.05, 3.63) is 33.9 Å². The molecule has 114 valence electrons. The summed E-state index contributed by atoms with van der Waals surface area (Å²) in [6, 6.07) is 2.33. The van der Waals surface area contributed by atoms with E-state index in [2.05, 4.69) is 52.9 Å². The Labute approximate surface area is 126 Å². The standard InChI is InChI=1S/C19H33N/c1-7-11-20-12-10-14(2)8-9-19-17(5)15(3)13-16(4)18(19)6/h13-14,20H,7-12H2,1-6H3. The second-order valence-electron chi connectivity index (χ2n) is 6.42. The van der Waals surface area contributed by atoms with E-state index in [1.807, 2.05) is 0 Å². The molecule has 0 aromatic heterocycles. The van der Waals surface area contributed by atoms with Crippen LogP contribution in [0.5, 0.6) is 0 Å². The number of hydrogen-bond donors (Lipinski definition) is 1. The molecule has 0 spiro atoms. The summed E-state index contributed by atoms with van der Waals surface area (Å²) in [5, 5.41) is 3.51. The van der Waals surface area contributed by atoms with Crippen LogP contribution < -0.4 is 5.32 Å². The van der Waals surface area contributed by atoms with Crippen LogP contribution in [0.15, 0.2) is 6.07 Å². The molecule has 1 aromatic carbocycles. The average molecular weight is 275 g/mol. The maximum atomic E-state index is 3.51. The summed E-state index contributed by atoms with van der Waals surface area (Å²) < 4.78 is 0. The molecule has 1 aromatic rings. The first-order valence-corrected chi connectivity index (χ1v) is 8.24. The monoisotopic (exact) mass is 275 g/mol. The first kappa shape index (κ1) is 17.2. The summed E-state index contributed by atoms with van der Waals surface area (Å²) in [5.74, 6) is 0.805. The lowest BCUT2D eigenvalue weighted by Gasteiger charge is -2.17. The van der Waals surface area contributed by atoms with E-state index in [0.29, 0.717) is 0 Å². The van der Waals surface area contributed by atoms with Gasteiger partial charge in [0, 0.05) is 0 Å². The van der Waals surface area contributed by atoms with Crippen LogP contribution in [0.25, 0.3) is 0 Å². The fourth-order valence-corrected chi connectivity index (χ4v) is 2.86. The molecule has 1 heteroatoms. The zero-order valence-corrected chi connectivity index (χ0v) is 14.4. The summed E-state index contributed by atoms with van der Waals surface area (Å²) in [6.07, 6.45) is 5.06. The van der Waals surface area contributed by atoms with Crippen molar-refractivity contribution in [1.82, 2.24) is 5.32 Å². The Morgan fingerprint density at radius 1 is 0.950 bits per heavy atom. The largest absolute Gasteiger partial charge is 0.317 e. The number of rotatable bonds is 8. The van der Waals surface area contributed by atoms with E-state index in [0.717, 1.165) is 12.5 Å². The van der Waals surface area contributed by atoms with Gasteiger partial charge in [0.05, 0.1) is 0 Å². The second-order valence-corrected chi connectivity index (χ2v) is 6.42. The molecule has 0 bridgehead atoms. The van der Waals surface area contributed by atoms with Gasteiger partial charge in [-0.05, 0) is 100 Å². The van der Waals surface area contributed by atoms with Gasteiger partial charge < -0.3 is 5.32 Å². The Kier molecular flexibility index (Phi) is 7.29. The van der Waals surface area contributed by atoms with Gasteiger partial charge in [-0.25, -0.2) is 0 Å². The second kappa shape index (κ2) is 8.46. The van der Waals surface area contributed by atoms with Gasteiger partial charge in [-0.15, -0.1) is 0 Å². The van der Waals surface area contributed by atoms with Gasteiger partial charge in [0.2, 0.25) is 0 Å². The molecule has 1 nitrogen and oxygen atoms in total. The summed E-state index contributed by atoms with van der Waals surface area (Å²) >= 11 is 0. The number of aryl methyl sites for hydroxylation is 2. The lowest BCUT2D eigenvalue weighted by Crippen LogP contribution is -2.18. The highest BCUT2D eigenvalue weighted by Gasteiger charge is 2.10. The third-order valence-corrected chi connectivity index (χ3v) is 4.65. The molecule has 20 heavy (non-hydrogen) atoms. The third-order valence-electron chi connectivity index (χ3n) is 4.65. The average Bonchev–Trinajstić information content (AvgIpc) is 2.41. The van der Waals surface area contributed by atoms with Gasteiger partial charge in [-0.3, -0.25) is 0 Å². The molecule has 0 aliphatic heterocycles. The summed E-state index contributed by atoms with van der Waals surface area (Å²) in [4.78, 5) is 0. The zero-order valence-electron chi connectivity index (χ0n) is 14.4. The molecular formula is C19H33N. The Hall–Kier alpha value is -0.820. The predicted molar refractivity (Wildman–Crippen MR) is 90.7 cm³/mol. The Morgan fingerprint density at radius 3 is 2.10 bits per heavy atom. The molecule has 0 radical (unpaired) electrons. The van der Waals surface area contributed by atoms with E-state index in [1.165, 1.54) is 54.5 Å². The molecule has 0 saturated heterocycles. The molecule has 0 amide bonds. The molecule has 0 fully saturated rings. The number of nitrogens with one attached hydrogen (secondary N) is 1. The first-order valence-electron chi connectivity index (χ1n) is 8.24. The van der Waals surface area contributed by atoms with Crippen molar-refractivity contribution >= 4 is 0 Å². The van der Waals surface area contributed by atoms with Crippen molar-refractivity contribution in [1.29, 1.82) is 0 Å². The van der Waals surface area contributed by atoms with Gasteiger partial charge in [0.15, 0.2) is 0 Å². The summed E-state index contributed by atoms with van der Waals surface area (Å²) in [6.45, 7) is 16.0. The minimum absolute atomic E-state index is 0.805. The van der Waals surface area contributed by atoms with Crippen molar-refractivity contribution in [3.63, 3.8) is 0 Å². The van der Waals surface area contributed by atoms with Crippen LogP contribution in [0, 0.1) is 33.6 Å². The van der Waals surface area contributed by atoms with E-state index in [-0.39, 0.29) is 0 Å². The van der Waals surface area contributed by atoms with Crippen molar-refractivity contribution < 1.29 is 0 Å². The van der Waals surface area contributed by atoms with Gasteiger partial charge >= 0.3 is 0 Å². The van der Waals surface area contributed by atoms with Crippen LogP contribution in [0.2, 0.25) is 0 Å². The highest BCUT2D eigenvalue weighted by Crippen LogP contribution is 2.24. The Morgan fingerprint density at radius 2 is 1.55 bits per heavy atom. The van der Waals surface area contributed by atoms with E-state index in [1.54, 1.807) is 5.56 Å². The van der Waals surface area contributed by atoms with E-state index in [9.17, 15) is 0 Å². The predicted octanol–water partition coefficient (Wildman–Crippen LogP) is 4.88. The zero-order chi connectivity index (χ0) is 15.1. The molecule has 0 saturated carbocycles. The quantitative estimate of drug-likeness (QED) is 0.667. The third kappa shape index (κ3) is 4.94. The van der Waals surface area contributed by atoms with E-state index in [4.69, 9.17) is 0 Å². The van der Waals surface area contributed by atoms with Crippen molar-refractivity contribution in [2.45, 2.75) is 67.2 Å². The molecule has 0 heterocycles. The highest BCUT2D eigenvalue weighted by molar-refractivity contribution is 5.44. The minimum atomic E-state index is 0.805. The van der Waals surface area contributed by atoms with Crippen molar-refractivity contribution in [2.24, 2.45) is 5.92 Å². The van der Waals surface area contributed by atoms with Gasteiger partial charge in [-0.1, -0.05) is 19.9 Å². The fraction of sp³-hybridized carbons (Fsp3) is 0.684. The normalized spacial score (nSPS) is 12.7. The number of benzene rings is 1. The highest BCUT2D eigenvalue weighted by atomic mass is 14.8. The van der Waals surface area contributed by atoms with Crippen LogP contribution in [0.3, 0.4) is 0 Å². The molecule has 0 aliphatic carbocycles. The summed E-state index contributed by atoms with van der Waals surface area (Å²) in [7, 11) is 0. The minimum Gasteiger partial charge on any atom is -0.317 e. The molecule has 0 aliphatic rings. The molecule has 1 unspecified atom stereocenters. The van der Waals surface area contributed by atoms with Gasteiger partial charge in [0.1, 0.15) is 0 Å². The van der Waals surface area contributed by atoms with Crippen LogP contribution >= 0.6 is 0 Å². The Balaban J connectivity index is 2.53. The molecule has 1 atom stereocenters. The maximum Gasteiger partial charge on any atom is -0.00464 e. The maximum absolute atomic E-state index is 3.51. The SMILES string of the molecule is CCCNCCC(C)CCc1c(C)c(C)cc(C)c1C. The van der Waals surface area contributed by atoms with Crippen LogP contribution in [-0.2, 0) is 6.42 Å². The van der Waals surface area contributed by atoms with Crippen LogP contribution in [-0.4, -0.2) is 13.1 Å². The lowest BCUT2D eigenvalue weighted by atomic mass is 9.89.